The Bertz CT molecular complexity index is 852. The van der Waals surface area contributed by atoms with Crippen molar-refractivity contribution < 1.29 is 33.8 Å². The highest BCUT2D eigenvalue weighted by Crippen LogP contribution is 2.29. The van der Waals surface area contributed by atoms with Crippen LogP contribution in [0.2, 0.25) is 0 Å². The van der Waals surface area contributed by atoms with Gasteiger partial charge in [0.05, 0.1) is 13.0 Å². The number of nitrogens with zero attached hydrogens (tertiary/aromatic N) is 1. The average molecular weight is 494 g/mol. The highest BCUT2D eigenvalue weighted by Gasteiger charge is 2.33. The molecular formula is C25H39N3O7. The molecule has 1 aromatic rings. The first-order chi connectivity index (χ1) is 16.5. The average Bonchev–Trinajstić information content (AvgIpc) is 2.77. The van der Waals surface area contributed by atoms with Crippen molar-refractivity contribution in [2.75, 3.05) is 26.2 Å². The van der Waals surface area contributed by atoms with Crippen LogP contribution in [0.4, 0.5) is 4.79 Å². The van der Waals surface area contributed by atoms with Crippen LogP contribution < -0.4 is 10.6 Å². The predicted molar refractivity (Wildman–Crippen MR) is 131 cm³/mol. The molecule has 0 fully saturated rings. The van der Waals surface area contributed by atoms with E-state index >= 15 is 0 Å². The summed E-state index contributed by atoms with van der Waals surface area (Å²) in [7, 11) is 0. The number of para-hydroxylation sites is 1. The van der Waals surface area contributed by atoms with Crippen LogP contribution >= 0.6 is 0 Å². The van der Waals surface area contributed by atoms with Gasteiger partial charge in [-0.2, -0.15) is 0 Å². The van der Waals surface area contributed by atoms with Gasteiger partial charge < -0.3 is 30.1 Å². The van der Waals surface area contributed by atoms with Gasteiger partial charge in [-0.3, -0.25) is 14.4 Å². The molecule has 0 heterocycles. The van der Waals surface area contributed by atoms with E-state index in [-0.39, 0.29) is 44.0 Å². The SMILES string of the molecule is CCCCCN(C(=O)CNC(=O)OC(C)(C)C)C(C(=O)NCCC(=O)OCC)c1ccccc1O. The Morgan fingerprint density at radius 1 is 1.06 bits per heavy atom. The van der Waals surface area contributed by atoms with E-state index in [0.717, 1.165) is 12.8 Å². The number of rotatable bonds is 13. The number of carbonyl (C=O) groups is 4. The number of hydrogen-bond donors (Lipinski definition) is 3. The second kappa shape index (κ2) is 14.9. The minimum atomic E-state index is -1.16. The van der Waals surface area contributed by atoms with Crippen molar-refractivity contribution in [2.24, 2.45) is 0 Å². The molecule has 3 amide bonds. The summed E-state index contributed by atoms with van der Waals surface area (Å²) in [5, 5.41) is 15.6. The Morgan fingerprint density at radius 3 is 2.34 bits per heavy atom. The topological polar surface area (TPSA) is 134 Å². The highest BCUT2D eigenvalue weighted by atomic mass is 16.6. The minimum Gasteiger partial charge on any atom is -0.508 e. The summed E-state index contributed by atoms with van der Waals surface area (Å²) in [5.74, 6) is -1.67. The van der Waals surface area contributed by atoms with E-state index in [2.05, 4.69) is 10.6 Å². The maximum Gasteiger partial charge on any atom is 0.408 e. The number of unbranched alkanes of at least 4 members (excludes halogenated alkanes) is 2. The number of benzene rings is 1. The molecule has 1 atom stereocenters. The largest absolute Gasteiger partial charge is 0.508 e. The van der Waals surface area contributed by atoms with E-state index < -0.39 is 35.5 Å². The molecule has 0 aliphatic carbocycles. The zero-order valence-corrected chi connectivity index (χ0v) is 21.4. The van der Waals surface area contributed by atoms with Crippen LogP contribution in [0, 0.1) is 0 Å². The molecule has 1 aromatic carbocycles. The van der Waals surface area contributed by atoms with Gasteiger partial charge in [0.1, 0.15) is 23.9 Å². The zero-order chi connectivity index (χ0) is 26.4. The lowest BCUT2D eigenvalue weighted by Crippen LogP contribution is -2.48. The summed E-state index contributed by atoms with van der Waals surface area (Å²) in [4.78, 5) is 51.5. The van der Waals surface area contributed by atoms with Gasteiger partial charge >= 0.3 is 12.1 Å². The van der Waals surface area contributed by atoms with Crippen molar-refractivity contribution in [1.29, 1.82) is 0 Å². The molecule has 0 spiro atoms. The molecule has 1 unspecified atom stereocenters. The summed E-state index contributed by atoms with van der Waals surface area (Å²) in [6.45, 7) is 8.91. The van der Waals surface area contributed by atoms with Crippen molar-refractivity contribution in [3.63, 3.8) is 0 Å². The standard InChI is InChI=1S/C25H39N3O7/c1-6-8-11-16-28(20(30)17-27-24(33)35-25(3,4)5)22(18-12-9-10-13-19(18)29)23(32)26-15-14-21(31)34-7-2/h9-10,12-13,22,29H,6-8,11,14-17H2,1-5H3,(H,26,32)(H,27,33). The van der Waals surface area contributed by atoms with Gasteiger partial charge in [-0.05, 0) is 40.2 Å². The summed E-state index contributed by atoms with van der Waals surface area (Å²) in [5.41, 5.74) is -0.492. The Balaban J connectivity index is 3.14. The molecular weight excluding hydrogens is 454 g/mol. The molecule has 35 heavy (non-hydrogen) atoms. The number of aromatic hydroxyl groups is 1. The van der Waals surface area contributed by atoms with E-state index in [4.69, 9.17) is 9.47 Å². The van der Waals surface area contributed by atoms with Crippen LogP contribution in [0.15, 0.2) is 24.3 Å². The first kappa shape index (κ1) is 29.7. The van der Waals surface area contributed by atoms with Crippen LogP contribution in [0.3, 0.4) is 0 Å². The second-order valence-electron chi connectivity index (χ2n) is 8.96. The van der Waals surface area contributed by atoms with Crippen LogP contribution in [0.25, 0.3) is 0 Å². The number of alkyl carbamates (subject to hydrolysis) is 1. The summed E-state index contributed by atoms with van der Waals surface area (Å²) in [6.07, 6.45) is 1.55. The Hall–Kier alpha value is -3.30. The molecule has 196 valence electrons. The van der Waals surface area contributed by atoms with Crippen molar-refractivity contribution in [2.45, 2.75) is 71.9 Å². The van der Waals surface area contributed by atoms with Gasteiger partial charge in [0.2, 0.25) is 11.8 Å². The second-order valence-corrected chi connectivity index (χ2v) is 8.96. The van der Waals surface area contributed by atoms with E-state index in [1.807, 2.05) is 6.92 Å². The van der Waals surface area contributed by atoms with Gasteiger partial charge in [0.25, 0.3) is 0 Å². The maximum atomic E-state index is 13.3. The third-order valence-corrected chi connectivity index (χ3v) is 4.83. The number of phenolic OH excluding ortho intramolecular Hbond substituents is 1. The van der Waals surface area contributed by atoms with Crippen molar-refractivity contribution in [3.05, 3.63) is 29.8 Å². The van der Waals surface area contributed by atoms with Crippen molar-refractivity contribution in [1.82, 2.24) is 15.5 Å². The fourth-order valence-electron chi connectivity index (χ4n) is 3.28. The van der Waals surface area contributed by atoms with Gasteiger partial charge in [0.15, 0.2) is 0 Å². The zero-order valence-electron chi connectivity index (χ0n) is 21.4. The molecule has 0 saturated heterocycles. The third kappa shape index (κ3) is 11.1. The smallest absolute Gasteiger partial charge is 0.408 e. The molecule has 0 saturated carbocycles. The fraction of sp³-hybridized carbons (Fsp3) is 0.600. The number of carbonyl (C=O) groups excluding carboxylic acids is 4. The number of amides is 3. The van der Waals surface area contributed by atoms with Crippen LogP contribution in [0.5, 0.6) is 5.75 Å². The Morgan fingerprint density at radius 2 is 1.74 bits per heavy atom. The van der Waals surface area contributed by atoms with Gasteiger partial charge in [-0.15, -0.1) is 0 Å². The predicted octanol–water partition coefficient (Wildman–Crippen LogP) is 3.05. The highest BCUT2D eigenvalue weighted by molar-refractivity contribution is 5.91. The molecule has 3 N–H and O–H groups in total. The monoisotopic (exact) mass is 493 g/mol. The molecule has 0 aromatic heterocycles. The minimum absolute atomic E-state index is 0.00884. The molecule has 1 rings (SSSR count). The number of hydrogen-bond acceptors (Lipinski definition) is 7. The lowest BCUT2D eigenvalue weighted by Gasteiger charge is -2.32. The van der Waals surface area contributed by atoms with Crippen LogP contribution in [-0.4, -0.2) is 65.7 Å². The normalized spacial score (nSPS) is 11.8. The van der Waals surface area contributed by atoms with Crippen LogP contribution in [0.1, 0.15) is 71.9 Å². The molecule has 0 aliphatic rings. The van der Waals surface area contributed by atoms with Gasteiger partial charge in [-0.1, -0.05) is 38.0 Å². The number of esters is 1. The maximum absolute atomic E-state index is 13.3. The third-order valence-electron chi connectivity index (χ3n) is 4.83. The summed E-state index contributed by atoms with van der Waals surface area (Å²) < 4.78 is 10.1. The summed E-state index contributed by atoms with van der Waals surface area (Å²) >= 11 is 0. The van der Waals surface area contributed by atoms with Crippen molar-refractivity contribution >= 4 is 23.9 Å². The number of phenols is 1. The molecule has 10 nitrogen and oxygen atoms in total. The van der Waals surface area contributed by atoms with E-state index in [0.29, 0.717) is 6.42 Å². The summed E-state index contributed by atoms with van der Waals surface area (Å²) in [6, 6.07) is 5.10. The first-order valence-corrected chi connectivity index (χ1v) is 12.0. The van der Waals surface area contributed by atoms with Crippen LogP contribution in [-0.2, 0) is 23.9 Å². The van der Waals surface area contributed by atoms with Gasteiger partial charge in [-0.25, -0.2) is 4.79 Å². The van der Waals surface area contributed by atoms with E-state index in [1.165, 1.54) is 11.0 Å². The molecule has 0 aliphatic heterocycles. The van der Waals surface area contributed by atoms with Crippen molar-refractivity contribution in [3.8, 4) is 5.75 Å². The van der Waals surface area contributed by atoms with E-state index in [1.54, 1.807) is 45.9 Å². The Kier molecular flexibility index (Phi) is 12.6. The number of ether oxygens (including phenoxy) is 2. The quantitative estimate of drug-likeness (QED) is 0.284. The molecule has 10 heteroatoms. The first-order valence-electron chi connectivity index (χ1n) is 12.0. The molecule has 0 bridgehead atoms. The number of nitrogens with one attached hydrogen (secondary N) is 2. The molecule has 0 radical (unpaired) electrons. The lowest BCUT2D eigenvalue weighted by molar-refractivity contribution is -0.143. The fourth-order valence-corrected chi connectivity index (χ4v) is 3.28. The van der Waals surface area contributed by atoms with E-state index in [9.17, 15) is 24.3 Å². The van der Waals surface area contributed by atoms with Gasteiger partial charge in [0, 0.05) is 18.7 Å². The Labute approximate surface area is 207 Å². The lowest BCUT2D eigenvalue weighted by atomic mass is 10.0.